The lowest BCUT2D eigenvalue weighted by Crippen LogP contribution is -2.26. The number of likely N-dealkylation sites (tertiary alicyclic amines) is 1. The van der Waals surface area contributed by atoms with E-state index >= 15 is 0 Å². The number of hydrogen-bond donors (Lipinski definition) is 0. The van der Waals surface area contributed by atoms with Crippen LogP contribution < -0.4 is 0 Å². The number of carbonyl (C=O) groups is 1. The summed E-state index contributed by atoms with van der Waals surface area (Å²) in [6, 6.07) is 3.85. The van der Waals surface area contributed by atoms with Gasteiger partial charge in [0.1, 0.15) is 5.76 Å². The molecule has 2 heterocycles. The maximum absolute atomic E-state index is 11.3. The summed E-state index contributed by atoms with van der Waals surface area (Å²) in [5.74, 6) is 1.34. The Morgan fingerprint density at radius 1 is 1.71 bits per heavy atom. The van der Waals surface area contributed by atoms with Gasteiger partial charge in [-0.15, -0.1) is 0 Å². The van der Waals surface area contributed by atoms with Crippen LogP contribution in [0.4, 0.5) is 0 Å². The van der Waals surface area contributed by atoms with E-state index < -0.39 is 0 Å². The molecule has 1 fully saturated rings. The lowest BCUT2D eigenvalue weighted by atomic mass is 10.1. The molecule has 3 nitrogen and oxygen atoms in total. The van der Waals surface area contributed by atoms with E-state index in [1.165, 1.54) is 6.08 Å². The Balaban J connectivity index is 2.02. The average molecular weight is 191 g/mol. The Labute approximate surface area is 83.0 Å². The minimum atomic E-state index is 0.0130. The fraction of sp³-hybridized carbons (Fsp3) is 0.364. The third-order valence-electron chi connectivity index (χ3n) is 2.62. The predicted molar refractivity (Wildman–Crippen MR) is 52.8 cm³/mol. The van der Waals surface area contributed by atoms with E-state index in [1.807, 2.05) is 12.1 Å². The smallest absolute Gasteiger partial charge is 0.245 e. The second kappa shape index (κ2) is 3.70. The van der Waals surface area contributed by atoms with E-state index in [0.717, 1.165) is 25.3 Å². The third-order valence-corrected chi connectivity index (χ3v) is 2.62. The fourth-order valence-corrected chi connectivity index (χ4v) is 1.85. The van der Waals surface area contributed by atoms with Crippen LogP contribution in [0.5, 0.6) is 0 Å². The van der Waals surface area contributed by atoms with Crippen LogP contribution in [0.1, 0.15) is 18.1 Å². The van der Waals surface area contributed by atoms with Crippen molar-refractivity contribution in [1.82, 2.24) is 4.90 Å². The van der Waals surface area contributed by atoms with Crippen LogP contribution in [0.15, 0.2) is 35.5 Å². The summed E-state index contributed by atoms with van der Waals surface area (Å²) >= 11 is 0. The number of hydrogen-bond acceptors (Lipinski definition) is 2. The van der Waals surface area contributed by atoms with Crippen LogP contribution in [0.3, 0.4) is 0 Å². The van der Waals surface area contributed by atoms with Crippen LogP contribution >= 0.6 is 0 Å². The largest absolute Gasteiger partial charge is 0.469 e. The molecule has 14 heavy (non-hydrogen) atoms. The highest BCUT2D eigenvalue weighted by Crippen LogP contribution is 2.27. The van der Waals surface area contributed by atoms with Gasteiger partial charge in [-0.25, -0.2) is 0 Å². The molecule has 0 saturated carbocycles. The number of furan rings is 1. The standard InChI is InChI=1S/C11H13NO2/c1-2-11(13)12-6-5-9(8-12)10-4-3-7-14-10/h2-4,7,9H,1,5-6,8H2/t9-/m0/s1. The third kappa shape index (κ3) is 1.58. The average Bonchev–Trinajstić information content (AvgIpc) is 2.86. The zero-order valence-corrected chi connectivity index (χ0v) is 7.98. The molecule has 0 aromatic carbocycles. The maximum atomic E-state index is 11.3. The van der Waals surface area contributed by atoms with Crippen molar-refractivity contribution in [2.75, 3.05) is 13.1 Å². The Bertz CT molecular complexity index is 329. The molecule has 1 atom stereocenters. The first kappa shape index (κ1) is 9.06. The summed E-state index contributed by atoms with van der Waals surface area (Å²) in [5, 5.41) is 0. The Morgan fingerprint density at radius 2 is 2.57 bits per heavy atom. The van der Waals surface area contributed by atoms with Crippen molar-refractivity contribution < 1.29 is 9.21 Å². The summed E-state index contributed by atoms with van der Waals surface area (Å²) < 4.78 is 5.32. The Hall–Kier alpha value is -1.51. The molecule has 0 N–H and O–H groups in total. The molecular formula is C11H13NO2. The highest BCUT2D eigenvalue weighted by Gasteiger charge is 2.27. The van der Waals surface area contributed by atoms with Crippen molar-refractivity contribution in [2.24, 2.45) is 0 Å². The predicted octanol–water partition coefficient (Wildman–Crippen LogP) is 1.78. The van der Waals surface area contributed by atoms with Crippen molar-refractivity contribution in [3.63, 3.8) is 0 Å². The van der Waals surface area contributed by atoms with Gasteiger partial charge >= 0.3 is 0 Å². The molecule has 3 heteroatoms. The maximum Gasteiger partial charge on any atom is 0.245 e. The summed E-state index contributed by atoms with van der Waals surface area (Å²) in [7, 11) is 0. The highest BCUT2D eigenvalue weighted by atomic mass is 16.3. The zero-order valence-electron chi connectivity index (χ0n) is 7.98. The molecule has 2 rings (SSSR count). The molecule has 1 aromatic heterocycles. The van der Waals surface area contributed by atoms with Gasteiger partial charge in [0.2, 0.25) is 5.91 Å². The molecule has 1 saturated heterocycles. The molecule has 74 valence electrons. The van der Waals surface area contributed by atoms with Crippen LogP contribution in [-0.2, 0) is 4.79 Å². The van der Waals surface area contributed by atoms with Crippen molar-refractivity contribution >= 4 is 5.91 Å². The molecule has 0 aliphatic carbocycles. The summed E-state index contributed by atoms with van der Waals surface area (Å²) in [4.78, 5) is 13.1. The SMILES string of the molecule is C=CC(=O)N1CC[C@H](c2ccco2)C1. The van der Waals surface area contributed by atoms with Gasteiger partial charge in [-0.3, -0.25) is 4.79 Å². The first-order chi connectivity index (χ1) is 6.81. The Kier molecular flexibility index (Phi) is 2.39. The molecule has 1 amide bonds. The molecule has 1 aliphatic rings. The molecule has 0 radical (unpaired) electrons. The van der Waals surface area contributed by atoms with Gasteiger partial charge in [0.15, 0.2) is 0 Å². The minimum Gasteiger partial charge on any atom is -0.469 e. The number of carbonyl (C=O) groups excluding carboxylic acids is 1. The second-order valence-corrected chi connectivity index (χ2v) is 3.49. The molecule has 0 bridgehead atoms. The van der Waals surface area contributed by atoms with Gasteiger partial charge in [0, 0.05) is 19.0 Å². The topological polar surface area (TPSA) is 33.5 Å². The fourth-order valence-electron chi connectivity index (χ4n) is 1.85. The molecule has 1 aromatic rings. The van der Waals surface area contributed by atoms with Crippen LogP contribution in [-0.4, -0.2) is 23.9 Å². The molecule has 0 spiro atoms. The zero-order chi connectivity index (χ0) is 9.97. The highest BCUT2D eigenvalue weighted by molar-refractivity contribution is 5.87. The number of nitrogens with zero attached hydrogens (tertiary/aromatic N) is 1. The van der Waals surface area contributed by atoms with Crippen molar-refractivity contribution in [2.45, 2.75) is 12.3 Å². The normalized spacial score (nSPS) is 21.1. The summed E-state index contributed by atoms with van der Waals surface area (Å²) in [6.45, 7) is 5.03. The monoisotopic (exact) mass is 191 g/mol. The first-order valence-corrected chi connectivity index (χ1v) is 4.76. The van der Waals surface area contributed by atoms with Gasteiger partial charge in [-0.05, 0) is 24.6 Å². The van der Waals surface area contributed by atoms with Crippen molar-refractivity contribution in [1.29, 1.82) is 0 Å². The van der Waals surface area contributed by atoms with Gasteiger partial charge in [-0.1, -0.05) is 6.58 Å². The van der Waals surface area contributed by atoms with E-state index in [9.17, 15) is 4.79 Å². The lowest BCUT2D eigenvalue weighted by Gasteiger charge is -2.12. The summed E-state index contributed by atoms with van der Waals surface area (Å²) in [6.07, 6.45) is 4.02. The van der Waals surface area contributed by atoms with Gasteiger partial charge < -0.3 is 9.32 Å². The van der Waals surface area contributed by atoms with E-state index in [1.54, 1.807) is 11.2 Å². The van der Waals surface area contributed by atoms with Gasteiger partial charge in [0.25, 0.3) is 0 Å². The molecule has 1 aliphatic heterocycles. The molecular weight excluding hydrogens is 178 g/mol. The summed E-state index contributed by atoms with van der Waals surface area (Å²) in [5.41, 5.74) is 0. The van der Waals surface area contributed by atoms with Gasteiger partial charge in [0.05, 0.1) is 6.26 Å². The van der Waals surface area contributed by atoms with E-state index in [4.69, 9.17) is 4.42 Å². The Morgan fingerprint density at radius 3 is 3.21 bits per heavy atom. The van der Waals surface area contributed by atoms with Crippen molar-refractivity contribution in [3.05, 3.63) is 36.8 Å². The quantitative estimate of drug-likeness (QED) is 0.668. The van der Waals surface area contributed by atoms with Gasteiger partial charge in [-0.2, -0.15) is 0 Å². The lowest BCUT2D eigenvalue weighted by molar-refractivity contribution is -0.125. The van der Waals surface area contributed by atoms with E-state index in [-0.39, 0.29) is 5.91 Å². The van der Waals surface area contributed by atoms with Crippen molar-refractivity contribution in [3.8, 4) is 0 Å². The van der Waals surface area contributed by atoms with Crippen LogP contribution in [0.25, 0.3) is 0 Å². The first-order valence-electron chi connectivity index (χ1n) is 4.76. The van der Waals surface area contributed by atoms with E-state index in [2.05, 4.69) is 6.58 Å². The number of amides is 1. The second-order valence-electron chi connectivity index (χ2n) is 3.49. The van der Waals surface area contributed by atoms with Crippen LogP contribution in [0, 0.1) is 0 Å². The van der Waals surface area contributed by atoms with E-state index in [0.29, 0.717) is 5.92 Å². The minimum absolute atomic E-state index is 0.0130. The molecule has 0 unspecified atom stereocenters. The van der Waals surface area contributed by atoms with Crippen LogP contribution in [0.2, 0.25) is 0 Å². The number of rotatable bonds is 2.